The van der Waals surface area contributed by atoms with Crippen LogP contribution in [0.3, 0.4) is 0 Å². The van der Waals surface area contributed by atoms with Crippen molar-refractivity contribution < 1.29 is 9.53 Å². The monoisotopic (exact) mass is 412 g/mol. The van der Waals surface area contributed by atoms with Crippen LogP contribution in [0.4, 0.5) is 0 Å². The molecule has 0 unspecified atom stereocenters. The minimum Gasteiger partial charge on any atom is -0.488 e. The molecule has 6 heteroatoms. The van der Waals surface area contributed by atoms with Gasteiger partial charge in [-0.2, -0.15) is 5.10 Å². The molecule has 3 rings (SSSR count). The van der Waals surface area contributed by atoms with E-state index in [0.717, 1.165) is 16.7 Å². The molecule has 0 saturated heterocycles. The Morgan fingerprint density at radius 2 is 1.75 bits per heavy atom. The number of benzene rings is 3. The molecule has 0 bridgehead atoms. The first-order valence-corrected chi connectivity index (χ1v) is 9.39. The zero-order valence-corrected chi connectivity index (χ0v) is 16.5. The Morgan fingerprint density at radius 1 is 1.00 bits per heavy atom. The normalized spacial score (nSPS) is 10.8. The average Bonchev–Trinajstić information content (AvgIpc) is 2.69. The summed E-state index contributed by atoms with van der Waals surface area (Å²) in [5, 5.41) is 5.16. The number of halogens is 2. The average molecular weight is 413 g/mol. The fourth-order valence-corrected chi connectivity index (χ4v) is 2.97. The summed E-state index contributed by atoms with van der Waals surface area (Å²) in [7, 11) is 0. The van der Waals surface area contributed by atoms with Gasteiger partial charge >= 0.3 is 0 Å². The third-order valence-electron chi connectivity index (χ3n) is 3.92. The largest absolute Gasteiger partial charge is 0.488 e. The fourth-order valence-electron chi connectivity index (χ4n) is 2.51. The van der Waals surface area contributed by atoms with Gasteiger partial charge in [-0.25, -0.2) is 5.43 Å². The summed E-state index contributed by atoms with van der Waals surface area (Å²) in [5.74, 6) is 0.448. The third-order valence-corrected chi connectivity index (χ3v) is 4.50. The summed E-state index contributed by atoms with van der Waals surface area (Å²) in [6.07, 6.45) is 1.83. The van der Waals surface area contributed by atoms with Crippen molar-refractivity contribution in [1.29, 1.82) is 0 Å². The first kappa shape index (κ1) is 19.9. The van der Waals surface area contributed by atoms with Crippen LogP contribution >= 0.6 is 23.2 Å². The van der Waals surface area contributed by atoms with E-state index in [-0.39, 0.29) is 12.3 Å². The zero-order valence-electron chi connectivity index (χ0n) is 14.9. The molecule has 0 aromatic heterocycles. The summed E-state index contributed by atoms with van der Waals surface area (Å²) in [5.41, 5.74) is 5.04. The van der Waals surface area contributed by atoms with Crippen molar-refractivity contribution in [3.05, 3.63) is 99.5 Å². The van der Waals surface area contributed by atoms with Gasteiger partial charge in [-0.15, -0.1) is 0 Å². The molecular weight excluding hydrogens is 395 g/mol. The highest BCUT2D eigenvalue weighted by molar-refractivity contribution is 6.35. The molecule has 0 aliphatic rings. The summed E-state index contributed by atoms with van der Waals surface area (Å²) in [4.78, 5) is 12.0. The number of hydrogen-bond donors (Lipinski definition) is 1. The number of hydrogen-bond acceptors (Lipinski definition) is 3. The van der Waals surface area contributed by atoms with Gasteiger partial charge in [0.15, 0.2) is 0 Å². The van der Waals surface area contributed by atoms with Gasteiger partial charge in [0.2, 0.25) is 5.91 Å². The Bertz CT molecular complexity index is 975. The van der Waals surface area contributed by atoms with Crippen LogP contribution in [-0.2, 0) is 17.8 Å². The molecular formula is C22H18Cl2N2O2. The minimum atomic E-state index is -0.186. The van der Waals surface area contributed by atoms with Crippen molar-refractivity contribution in [2.75, 3.05) is 0 Å². The Hall–Kier alpha value is -2.82. The zero-order chi connectivity index (χ0) is 19.8. The highest BCUT2D eigenvalue weighted by Gasteiger charge is 2.06. The number of para-hydroxylation sites is 1. The number of carbonyl (C=O) groups excluding carboxylic acids is 1. The van der Waals surface area contributed by atoms with Gasteiger partial charge in [0.05, 0.1) is 12.6 Å². The van der Waals surface area contributed by atoms with Crippen LogP contribution in [0, 0.1) is 0 Å². The maximum atomic E-state index is 12.0. The van der Waals surface area contributed by atoms with Crippen molar-refractivity contribution in [2.45, 2.75) is 13.0 Å². The van der Waals surface area contributed by atoms with E-state index in [0.29, 0.717) is 22.4 Å². The van der Waals surface area contributed by atoms with Crippen molar-refractivity contribution >= 4 is 35.3 Å². The third kappa shape index (κ3) is 5.84. The molecule has 0 aliphatic heterocycles. The van der Waals surface area contributed by atoms with Crippen molar-refractivity contribution in [2.24, 2.45) is 5.10 Å². The lowest BCUT2D eigenvalue weighted by molar-refractivity contribution is -0.120. The SMILES string of the molecule is O=C(Cc1ccccc1)N/N=C/c1ccccc1OCc1ccc(Cl)cc1Cl. The number of hydrazone groups is 1. The lowest BCUT2D eigenvalue weighted by atomic mass is 10.1. The topological polar surface area (TPSA) is 50.7 Å². The highest BCUT2D eigenvalue weighted by atomic mass is 35.5. The lowest BCUT2D eigenvalue weighted by Crippen LogP contribution is -2.19. The van der Waals surface area contributed by atoms with Crippen LogP contribution in [0.1, 0.15) is 16.7 Å². The van der Waals surface area contributed by atoms with E-state index >= 15 is 0 Å². The van der Waals surface area contributed by atoms with E-state index in [1.165, 1.54) is 0 Å². The molecule has 1 N–H and O–H groups in total. The second-order valence-electron chi connectivity index (χ2n) is 6.02. The van der Waals surface area contributed by atoms with Gasteiger partial charge in [0.1, 0.15) is 12.4 Å². The van der Waals surface area contributed by atoms with Crippen LogP contribution in [0.5, 0.6) is 5.75 Å². The summed E-state index contributed by atoms with van der Waals surface area (Å²) in [6, 6.07) is 22.2. The van der Waals surface area contributed by atoms with Crippen LogP contribution in [-0.4, -0.2) is 12.1 Å². The van der Waals surface area contributed by atoms with E-state index in [2.05, 4.69) is 10.5 Å². The molecule has 3 aromatic rings. The predicted octanol–water partition coefficient (Wildman–Crippen LogP) is 5.27. The number of ether oxygens (including phenoxy) is 1. The standard InChI is InChI=1S/C22H18Cl2N2O2/c23-19-11-10-18(20(24)13-19)15-28-21-9-5-4-8-17(21)14-25-26-22(27)12-16-6-2-1-3-7-16/h1-11,13-14H,12,15H2,(H,26,27)/b25-14+. The quantitative estimate of drug-likeness (QED) is 0.424. The van der Waals surface area contributed by atoms with E-state index in [1.807, 2.05) is 60.7 Å². The number of amides is 1. The van der Waals surface area contributed by atoms with E-state index in [9.17, 15) is 4.79 Å². The second-order valence-corrected chi connectivity index (χ2v) is 6.86. The first-order valence-electron chi connectivity index (χ1n) is 8.63. The van der Waals surface area contributed by atoms with Gasteiger partial charge < -0.3 is 4.74 Å². The van der Waals surface area contributed by atoms with Crippen LogP contribution in [0.2, 0.25) is 10.0 Å². The van der Waals surface area contributed by atoms with Crippen LogP contribution < -0.4 is 10.2 Å². The Balaban J connectivity index is 1.60. The van der Waals surface area contributed by atoms with Crippen molar-refractivity contribution in [3.8, 4) is 5.75 Å². The highest BCUT2D eigenvalue weighted by Crippen LogP contribution is 2.23. The molecule has 0 spiro atoms. The van der Waals surface area contributed by atoms with Crippen LogP contribution in [0.15, 0.2) is 77.9 Å². The number of carbonyl (C=O) groups is 1. The molecule has 0 atom stereocenters. The second kappa shape index (κ2) is 9.93. The van der Waals surface area contributed by atoms with Gasteiger partial charge in [0, 0.05) is 21.2 Å². The summed E-state index contributed by atoms with van der Waals surface area (Å²) < 4.78 is 5.87. The molecule has 0 aliphatic carbocycles. The smallest absolute Gasteiger partial charge is 0.244 e. The van der Waals surface area contributed by atoms with Crippen LogP contribution in [0.25, 0.3) is 0 Å². The Labute approximate surface area is 173 Å². The van der Waals surface area contributed by atoms with Crippen molar-refractivity contribution in [1.82, 2.24) is 5.43 Å². The van der Waals surface area contributed by atoms with E-state index < -0.39 is 0 Å². The summed E-state index contributed by atoms with van der Waals surface area (Å²) in [6.45, 7) is 0.293. The van der Waals surface area contributed by atoms with Crippen molar-refractivity contribution in [3.63, 3.8) is 0 Å². The molecule has 1 amide bonds. The molecule has 0 fully saturated rings. The molecule has 0 heterocycles. The summed E-state index contributed by atoms with van der Waals surface area (Å²) >= 11 is 12.1. The molecule has 0 saturated carbocycles. The Kier molecular flexibility index (Phi) is 7.06. The number of rotatable bonds is 7. The van der Waals surface area contributed by atoms with Gasteiger partial charge in [-0.3, -0.25) is 4.79 Å². The Morgan fingerprint density at radius 3 is 2.54 bits per heavy atom. The molecule has 28 heavy (non-hydrogen) atoms. The van der Waals surface area contributed by atoms with E-state index in [4.69, 9.17) is 27.9 Å². The number of nitrogens with zero attached hydrogens (tertiary/aromatic N) is 1. The first-order chi connectivity index (χ1) is 13.6. The van der Waals surface area contributed by atoms with Gasteiger partial charge in [-0.1, -0.05) is 71.7 Å². The molecule has 4 nitrogen and oxygen atoms in total. The molecule has 0 radical (unpaired) electrons. The fraction of sp³-hybridized carbons (Fsp3) is 0.0909. The number of nitrogens with one attached hydrogen (secondary N) is 1. The molecule has 142 valence electrons. The molecule has 3 aromatic carbocycles. The lowest BCUT2D eigenvalue weighted by Gasteiger charge is -2.10. The minimum absolute atomic E-state index is 0.186. The predicted molar refractivity (Wildman–Crippen MR) is 113 cm³/mol. The van der Waals surface area contributed by atoms with Gasteiger partial charge in [-0.05, 0) is 29.8 Å². The maximum absolute atomic E-state index is 12.0. The maximum Gasteiger partial charge on any atom is 0.244 e. The van der Waals surface area contributed by atoms with Gasteiger partial charge in [0.25, 0.3) is 0 Å². The van der Waals surface area contributed by atoms with E-state index in [1.54, 1.807) is 18.3 Å².